The quantitative estimate of drug-likeness (QED) is 0.764. The Balaban J connectivity index is 1.90. The fraction of sp³-hybridized carbons (Fsp3) is 0.438. The van der Waals surface area contributed by atoms with Crippen molar-refractivity contribution in [3.8, 4) is 0 Å². The molecule has 1 saturated heterocycles. The van der Waals surface area contributed by atoms with E-state index in [0.717, 1.165) is 0 Å². The van der Waals surface area contributed by atoms with Gasteiger partial charge in [-0.3, -0.25) is 14.6 Å². The zero-order chi connectivity index (χ0) is 18.2. The van der Waals surface area contributed by atoms with Crippen molar-refractivity contribution in [1.82, 2.24) is 20.2 Å². The summed E-state index contributed by atoms with van der Waals surface area (Å²) in [5, 5.41) is 10.6. The van der Waals surface area contributed by atoms with E-state index in [4.69, 9.17) is 0 Å². The molecule has 1 amide bonds. The SMILES string of the molecule is CN(C)N(C(=O)Cc1n[nH]c(=O)c2ccccc12)[C@H]1CCS(=O)(=O)C1. The van der Waals surface area contributed by atoms with Crippen molar-refractivity contribution in [3.05, 3.63) is 40.3 Å². The Morgan fingerprint density at radius 2 is 1.96 bits per heavy atom. The molecule has 0 unspecified atom stereocenters. The number of fused-ring (bicyclic) bond motifs is 1. The molecule has 1 aliphatic heterocycles. The number of H-pyrrole nitrogens is 1. The maximum atomic E-state index is 12.8. The molecule has 2 heterocycles. The third kappa shape index (κ3) is 3.57. The van der Waals surface area contributed by atoms with Gasteiger partial charge in [-0.1, -0.05) is 18.2 Å². The van der Waals surface area contributed by atoms with Gasteiger partial charge in [-0.25, -0.2) is 18.5 Å². The number of nitrogens with zero attached hydrogens (tertiary/aromatic N) is 3. The molecule has 0 bridgehead atoms. The standard InChI is InChI=1S/C16H20N4O4S/c1-19(2)20(11-7-8-25(23,24)10-11)15(21)9-14-12-5-3-4-6-13(12)16(22)18-17-14/h3-6,11H,7-10H2,1-2H3,(H,18,22)/t11-/m0/s1. The molecule has 3 rings (SSSR count). The lowest BCUT2D eigenvalue weighted by molar-refractivity contribution is -0.148. The monoisotopic (exact) mass is 364 g/mol. The van der Waals surface area contributed by atoms with E-state index < -0.39 is 9.84 Å². The fourth-order valence-electron chi connectivity index (χ4n) is 3.25. The Bertz CT molecular complexity index is 968. The first-order valence-electron chi connectivity index (χ1n) is 7.94. The van der Waals surface area contributed by atoms with Crippen molar-refractivity contribution in [1.29, 1.82) is 0 Å². The second-order valence-electron chi connectivity index (χ2n) is 6.36. The van der Waals surface area contributed by atoms with Crippen LogP contribution in [0.2, 0.25) is 0 Å². The van der Waals surface area contributed by atoms with Gasteiger partial charge in [0.25, 0.3) is 5.56 Å². The highest BCUT2D eigenvalue weighted by atomic mass is 32.2. The molecular formula is C16H20N4O4S. The molecule has 8 nitrogen and oxygen atoms in total. The summed E-state index contributed by atoms with van der Waals surface area (Å²) in [7, 11) is 0.315. The topological polar surface area (TPSA) is 103 Å². The normalized spacial score (nSPS) is 19.4. The summed E-state index contributed by atoms with van der Waals surface area (Å²) in [5.41, 5.74) is 0.158. The predicted molar refractivity (Wildman–Crippen MR) is 93.7 cm³/mol. The van der Waals surface area contributed by atoms with E-state index in [-0.39, 0.29) is 35.4 Å². The average molecular weight is 364 g/mol. The second-order valence-corrected chi connectivity index (χ2v) is 8.59. The summed E-state index contributed by atoms with van der Waals surface area (Å²) in [5.74, 6) is -0.192. The molecule has 0 spiro atoms. The van der Waals surface area contributed by atoms with Gasteiger partial charge in [0, 0.05) is 19.5 Å². The van der Waals surface area contributed by atoms with Crippen LogP contribution in [0.3, 0.4) is 0 Å². The molecule has 1 aromatic heterocycles. The summed E-state index contributed by atoms with van der Waals surface area (Å²) in [6.07, 6.45) is 0.401. The van der Waals surface area contributed by atoms with Gasteiger partial charge in [-0.2, -0.15) is 5.10 Å². The van der Waals surface area contributed by atoms with Gasteiger partial charge in [-0.15, -0.1) is 0 Å². The van der Waals surface area contributed by atoms with Crippen LogP contribution in [0.4, 0.5) is 0 Å². The van der Waals surface area contributed by atoms with Crippen molar-refractivity contribution in [2.75, 3.05) is 25.6 Å². The molecule has 134 valence electrons. The van der Waals surface area contributed by atoms with Crippen molar-refractivity contribution >= 4 is 26.5 Å². The number of hydrogen-bond donors (Lipinski definition) is 1. The van der Waals surface area contributed by atoms with Gasteiger partial charge in [0.15, 0.2) is 9.84 Å². The molecule has 25 heavy (non-hydrogen) atoms. The molecule has 1 N–H and O–H groups in total. The van der Waals surface area contributed by atoms with Crippen molar-refractivity contribution in [3.63, 3.8) is 0 Å². The summed E-state index contributed by atoms with van der Waals surface area (Å²) < 4.78 is 23.5. The summed E-state index contributed by atoms with van der Waals surface area (Å²) >= 11 is 0. The number of rotatable bonds is 4. The molecule has 2 aromatic rings. The lowest BCUT2D eigenvalue weighted by atomic mass is 10.1. The molecule has 1 atom stereocenters. The van der Waals surface area contributed by atoms with Gasteiger partial charge in [0.1, 0.15) is 0 Å². The molecule has 0 aliphatic carbocycles. The molecule has 0 saturated carbocycles. The first kappa shape index (κ1) is 17.6. The highest BCUT2D eigenvalue weighted by Crippen LogP contribution is 2.20. The number of nitrogens with one attached hydrogen (secondary N) is 1. The van der Waals surface area contributed by atoms with Gasteiger partial charge < -0.3 is 0 Å². The van der Waals surface area contributed by atoms with Gasteiger partial charge >= 0.3 is 0 Å². The van der Waals surface area contributed by atoms with E-state index in [1.807, 2.05) is 0 Å². The zero-order valence-electron chi connectivity index (χ0n) is 14.1. The van der Waals surface area contributed by atoms with Crippen LogP contribution in [0.25, 0.3) is 10.8 Å². The minimum Gasteiger partial charge on any atom is -0.273 e. The molecule has 1 aromatic carbocycles. The smallest absolute Gasteiger partial charge is 0.272 e. The van der Waals surface area contributed by atoms with Crippen LogP contribution in [0, 0.1) is 0 Å². The van der Waals surface area contributed by atoms with Crippen LogP contribution in [-0.4, -0.2) is 66.2 Å². The Labute approximate surface area is 145 Å². The Hall–Kier alpha value is -2.26. The second kappa shape index (κ2) is 6.57. The minimum atomic E-state index is -3.10. The lowest BCUT2D eigenvalue weighted by Gasteiger charge is -2.33. The lowest BCUT2D eigenvalue weighted by Crippen LogP contribution is -2.50. The average Bonchev–Trinajstić information content (AvgIpc) is 2.89. The molecule has 0 radical (unpaired) electrons. The fourth-order valence-corrected chi connectivity index (χ4v) is 4.94. The number of sulfone groups is 1. The molecular weight excluding hydrogens is 344 g/mol. The van der Waals surface area contributed by atoms with Gasteiger partial charge in [0.05, 0.1) is 35.0 Å². The number of benzene rings is 1. The predicted octanol–water partition coefficient (Wildman–Crippen LogP) is -0.0421. The van der Waals surface area contributed by atoms with E-state index in [0.29, 0.717) is 22.9 Å². The summed E-state index contributed by atoms with van der Waals surface area (Å²) in [6, 6.07) is 6.59. The maximum absolute atomic E-state index is 12.8. The van der Waals surface area contributed by atoms with Crippen LogP contribution in [0.15, 0.2) is 29.1 Å². The number of hydrogen-bond acceptors (Lipinski definition) is 6. The van der Waals surface area contributed by atoms with Crippen LogP contribution in [0.5, 0.6) is 0 Å². The van der Waals surface area contributed by atoms with E-state index in [9.17, 15) is 18.0 Å². The minimum absolute atomic E-state index is 0.0218. The maximum Gasteiger partial charge on any atom is 0.272 e. The highest BCUT2D eigenvalue weighted by molar-refractivity contribution is 7.91. The van der Waals surface area contributed by atoms with E-state index in [2.05, 4.69) is 10.2 Å². The third-order valence-corrected chi connectivity index (χ3v) is 6.08. The highest BCUT2D eigenvalue weighted by Gasteiger charge is 2.36. The first-order chi connectivity index (χ1) is 11.8. The van der Waals surface area contributed by atoms with Gasteiger partial charge in [-0.05, 0) is 12.5 Å². The largest absolute Gasteiger partial charge is 0.273 e. The Kier molecular flexibility index (Phi) is 4.61. The zero-order valence-corrected chi connectivity index (χ0v) is 14.9. The summed E-state index contributed by atoms with van der Waals surface area (Å²) in [4.78, 5) is 24.7. The first-order valence-corrected chi connectivity index (χ1v) is 9.76. The third-order valence-electron chi connectivity index (χ3n) is 4.33. The van der Waals surface area contributed by atoms with Crippen LogP contribution in [-0.2, 0) is 21.1 Å². The Morgan fingerprint density at radius 3 is 2.56 bits per heavy atom. The summed E-state index contributed by atoms with van der Waals surface area (Å²) in [6.45, 7) is 0. The number of carbonyl (C=O) groups is 1. The van der Waals surface area contributed by atoms with Crippen LogP contribution >= 0.6 is 0 Å². The van der Waals surface area contributed by atoms with E-state index >= 15 is 0 Å². The number of carbonyl (C=O) groups excluding carboxylic acids is 1. The van der Waals surface area contributed by atoms with Gasteiger partial charge in [0.2, 0.25) is 5.91 Å². The molecule has 9 heteroatoms. The molecule has 1 aliphatic rings. The van der Waals surface area contributed by atoms with E-state index in [1.54, 1.807) is 43.4 Å². The van der Waals surface area contributed by atoms with Crippen LogP contribution in [0.1, 0.15) is 12.1 Å². The number of aromatic nitrogens is 2. The van der Waals surface area contributed by atoms with Crippen molar-refractivity contribution in [2.45, 2.75) is 18.9 Å². The van der Waals surface area contributed by atoms with Crippen molar-refractivity contribution < 1.29 is 13.2 Å². The Morgan fingerprint density at radius 1 is 1.28 bits per heavy atom. The van der Waals surface area contributed by atoms with E-state index in [1.165, 1.54) is 5.01 Å². The number of hydrazine groups is 1. The number of aromatic amines is 1. The van der Waals surface area contributed by atoms with Crippen molar-refractivity contribution in [2.24, 2.45) is 0 Å². The number of amides is 1. The van der Waals surface area contributed by atoms with Crippen LogP contribution < -0.4 is 5.56 Å². The molecule has 1 fully saturated rings.